The van der Waals surface area contributed by atoms with E-state index in [-0.39, 0.29) is 18.1 Å². The van der Waals surface area contributed by atoms with Crippen molar-refractivity contribution in [3.63, 3.8) is 0 Å². The van der Waals surface area contributed by atoms with Crippen molar-refractivity contribution in [2.24, 2.45) is 0 Å². The number of amides is 1. The minimum atomic E-state index is -0.311. The standard InChI is InChI=1S/C15H13FN4OS/c16-12-3-1-11(2-4-12)7-15(21)17-8-13-9-20(19-18-13)14-5-6-22-10-14/h1-6,9-10H,7-8H2,(H,17,21). The third-order valence-corrected chi connectivity index (χ3v) is 3.73. The first-order chi connectivity index (χ1) is 10.7. The smallest absolute Gasteiger partial charge is 0.224 e. The number of thiophene rings is 1. The van der Waals surface area contributed by atoms with Gasteiger partial charge in [-0.25, -0.2) is 9.07 Å². The van der Waals surface area contributed by atoms with Crippen LogP contribution in [0.25, 0.3) is 5.69 Å². The summed E-state index contributed by atoms with van der Waals surface area (Å²) in [4.78, 5) is 11.8. The first-order valence-electron chi connectivity index (χ1n) is 6.65. The highest BCUT2D eigenvalue weighted by Crippen LogP contribution is 2.11. The molecule has 112 valence electrons. The molecule has 0 aliphatic rings. The van der Waals surface area contributed by atoms with Crippen LogP contribution < -0.4 is 5.32 Å². The second kappa shape index (κ2) is 6.48. The minimum Gasteiger partial charge on any atom is -0.350 e. The van der Waals surface area contributed by atoms with Gasteiger partial charge < -0.3 is 5.32 Å². The van der Waals surface area contributed by atoms with Crippen molar-refractivity contribution in [2.45, 2.75) is 13.0 Å². The summed E-state index contributed by atoms with van der Waals surface area (Å²) < 4.78 is 14.5. The fourth-order valence-corrected chi connectivity index (χ4v) is 2.56. The summed E-state index contributed by atoms with van der Waals surface area (Å²) in [6.45, 7) is 0.310. The van der Waals surface area contributed by atoms with Gasteiger partial charge in [0.1, 0.15) is 11.5 Å². The lowest BCUT2D eigenvalue weighted by Crippen LogP contribution is -2.24. The van der Waals surface area contributed by atoms with E-state index in [1.54, 1.807) is 34.3 Å². The van der Waals surface area contributed by atoms with Crippen LogP contribution in [0, 0.1) is 5.82 Å². The molecule has 0 spiro atoms. The Balaban J connectivity index is 1.54. The molecule has 3 rings (SSSR count). The highest BCUT2D eigenvalue weighted by Gasteiger charge is 2.07. The Labute approximate surface area is 130 Å². The molecule has 1 amide bonds. The summed E-state index contributed by atoms with van der Waals surface area (Å²) in [5, 5.41) is 14.7. The largest absolute Gasteiger partial charge is 0.350 e. The zero-order valence-electron chi connectivity index (χ0n) is 11.6. The number of nitrogens with zero attached hydrogens (tertiary/aromatic N) is 3. The van der Waals surface area contributed by atoms with E-state index >= 15 is 0 Å². The van der Waals surface area contributed by atoms with E-state index in [9.17, 15) is 9.18 Å². The fraction of sp³-hybridized carbons (Fsp3) is 0.133. The fourth-order valence-electron chi connectivity index (χ4n) is 1.93. The molecule has 0 saturated heterocycles. The van der Waals surface area contributed by atoms with Gasteiger partial charge in [-0.15, -0.1) is 5.10 Å². The highest BCUT2D eigenvalue weighted by atomic mass is 32.1. The lowest BCUT2D eigenvalue weighted by molar-refractivity contribution is -0.120. The first kappa shape index (κ1) is 14.4. The van der Waals surface area contributed by atoms with E-state index in [0.717, 1.165) is 11.3 Å². The average Bonchev–Trinajstić information content (AvgIpc) is 3.18. The van der Waals surface area contributed by atoms with Crippen molar-refractivity contribution < 1.29 is 9.18 Å². The van der Waals surface area contributed by atoms with Crippen LogP contribution in [0.2, 0.25) is 0 Å². The number of benzene rings is 1. The summed E-state index contributed by atoms with van der Waals surface area (Å²) in [6.07, 6.45) is 1.99. The van der Waals surface area contributed by atoms with Crippen molar-refractivity contribution in [3.05, 3.63) is 64.4 Å². The topological polar surface area (TPSA) is 59.8 Å². The lowest BCUT2D eigenvalue weighted by Gasteiger charge is -2.03. The molecule has 0 unspecified atom stereocenters. The van der Waals surface area contributed by atoms with Gasteiger partial charge in [-0.05, 0) is 29.1 Å². The highest BCUT2D eigenvalue weighted by molar-refractivity contribution is 7.08. The number of rotatable bonds is 5. The van der Waals surface area contributed by atoms with E-state index in [0.29, 0.717) is 12.2 Å². The van der Waals surface area contributed by atoms with Gasteiger partial charge in [0.15, 0.2) is 0 Å². The Bertz CT molecular complexity index is 752. The van der Waals surface area contributed by atoms with Crippen molar-refractivity contribution in [2.75, 3.05) is 0 Å². The lowest BCUT2D eigenvalue weighted by atomic mass is 10.1. The van der Waals surface area contributed by atoms with Gasteiger partial charge in [0.25, 0.3) is 0 Å². The molecule has 2 aromatic heterocycles. The molecule has 1 aromatic carbocycles. The Kier molecular flexibility index (Phi) is 4.24. The third kappa shape index (κ3) is 3.56. The zero-order chi connectivity index (χ0) is 15.4. The van der Waals surface area contributed by atoms with Crippen LogP contribution in [0.3, 0.4) is 0 Å². The number of hydrogen-bond donors (Lipinski definition) is 1. The molecule has 0 radical (unpaired) electrons. The summed E-state index contributed by atoms with van der Waals surface area (Å²) in [5.74, 6) is -0.453. The number of nitrogens with one attached hydrogen (secondary N) is 1. The van der Waals surface area contributed by atoms with E-state index in [4.69, 9.17) is 0 Å². The van der Waals surface area contributed by atoms with E-state index in [1.165, 1.54) is 12.1 Å². The van der Waals surface area contributed by atoms with Crippen LogP contribution in [-0.4, -0.2) is 20.9 Å². The Hall–Kier alpha value is -2.54. The predicted octanol–water partition coefficient (Wildman–Crippen LogP) is 2.33. The van der Waals surface area contributed by atoms with Crippen molar-refractivity contribution in [3.8, 4) is 5.69 Å². The molecular formula is C15H13FN4OS. The van der Waals surface area contributed by atoms with Crippen LogP contribution >= 0.6 is 11.3 Å². The Morgan fingerprint density at radius 2 is 2.09 bits per heavy atom. The SMILES string of the molecule is O=C(Cc1ccc(F)cc1)NCc1cn(-c2ccsc2)nn1. The maximum absolute atomic E-state index is 12.8. The van der Waals surface area contributed by atoms with Crippen LogP contribution in [0.15, 0.2) is 47.3 Å². The Morgan fingerprint density at radius 3 is 2.82 bits per heavy atom. The normalized spacial score (nSPS) is 10.6. The first-order valence-corrected chi connectivity index (χ1v) is 7.60. The van der Waals surface area contributed by atoms with Gasteiger partial charge in [-0.2, -0.15) is 11.3 Å². The number of halogens is 1. The molecular weight excluding hydrogens is 303 g/mol. The quantitative estimate of drug-likeness (QED) is 0.786. The molecule has 7 heteroatoms. The average molecular weight is 316 g/mol. The van der Waals surface area contributed by atoms with Crippen molar-refractivity contribution in [1.29, 1.82) is 0 Å². The van der Waals surface area contributed by atoms with Crippen molar-refractivity contribution in [1.82, 2.24) is 20.3 Å². The van der Waals surface area contributed by atoms with Gasteiger partial charge in [0.2, 0.25) is 5.91 Å². The zero-order valence-corrected chi connectivity index (χ0v) is 12.4. The second-order valence-electron chi connectivity index (χ2n) is 4.72. The van der Waals surface area contributed by atoms with Gasteiger partial charge in [0.05, 0.1) is 24.8 Å². The van der Waals surface area contributed by atoms with Crippen molar-refractivity contribution >= 4 is 17.2 Å². The van der Waals surface area contributed by atoms with Crippen LogP contribution in [-0.2, 0) is 17.8 Å². The van der Waals surface area contributed by atoms with Crippen LogP contribution in [0.4, 0.5) is 4.39 Å². The second-order valence-corrected chi connectivity index (χ2v) is 5.50. The molecule has 0 atom stereocenters. The maximum Gasteiger partial charge on any atom is 0.224 e. The molecule has 0 bridgehead atoms. The summed E-state index contributed by atoms with van der Waals surface area (Å²) >= 11 is 1.58. The molecule has 0 saturated carbocycles. The molecule has 3 aromatic rings. The molecule has 0 aliphatic carbocycles. The van der Waals surface area contributed by atoms with Gasteiger partial charge in [-0.1, -0.05) is 17.3 Å². The maximum atomic E-state index is 12.8. The number of carbonyl (C=O) groups is 1. The summed E-state index contributed by atoms with van der Waals surface area (Å²) in [7, 11) is 0. The summed E-state index contributed by atoms with van der Waals surface area (Å²) in [6, 6.07) is 7.82. The molecule has 22 heavy (non-hydrogen) atoms. The number of carbonyl (C=O) groups excluding carboxylic acids is 1. The van der Waals surface area contributed by atoms with Gasteiger partial charge >= 0.3 is 0 Å². The number of aromatic nitrogens is 3. The summed E-state index contributed by atoms with van der Waals surface area (Å²) in [5.41, 5.74) is 2.39. The van der Waals surface area contributed by atoms with Crippen LogP contribution in [0.5, 0.6) is 0 Å². The minimum absolute atomic E-state index is 0.142. The molecule has 0 fully saturated rings. The molecule has 1 N–H and O–H groups in total. The Morgan fingerprint density at radius 1 is 1.27 bits per heavy atom. The molecule has 2 heterocycles. The molecule has 5 nitrogen and oxygen atoms in total. The van der Waals surface area contributed by atoms with E-state index in [1.807, 2.05) is 16.8 Å². The monoisotopic (exact) mass is 316 g/mol. The van der Waals surface area contributed by atoms with E-state index in [2.05, 4.69) is 15.6 Å². The van der Waals surface area contributed by atoms with Crippen LogP contribution in [0.1, 0.15) is 11.3 Å². The number of hydrogen-bond acceptors (Lipinski definition) is 4. The van der Waals surface area contributed by atoms with Gasteiger partial charge in [-0.3, -0.25) is 4.79 Å². The predicted molar refractivity (Wildman–Crippen MR) is 81.2 cm³/mol. The van der Waals surface area contributed by atoms with E-state index < -0.39 is 0 Å². The molecule has 0 aliphatic heterocycles. The van der Waals surface area contributed by atoms with Gasteiger partial charge in [0, 0.05) is 5.38 Å². The third-order valence-electron chi connectivity index (χ3n) is 3.06.